The van der Waals surface area contributed by atoms with Gasteiger partial charge in [-0.25, -0.2) is 9.50 Å². The van der Waals surface area contributed by atoms with Crippen molar-refractivity contribution in [2.75, 3.05) is 0 Å². The van der Waals surface area contributed by atoms with Crippen LogP contribution >= 0.6 is 11.6 Å². The molecule has 5 heteroatoms. The average Bonchev–Trinajstić information content (AvgIpc) is 2.44. The Morgan fingerprint density at radius 2 is 2.43 bits per heavy atom. The van der Waals surface area contributed by atoms with Crippen molar-refractivity contribution in [3.05, 3.63) is 29.2 Å². The molecule has 0 unspecified atom stereocenters. The Kier molecular flexibility index (Phi) is 2.21. The summed E-state index contributed by atoms with van der Waals surface area (Å²) in [6.45, 7) is 1.51. The second kappa shape index (κ2) is 3.38. The predicted molar refractivity (Wildman–Crippen MR) is 52.4 cm³/mol. The molecule has 0 N–H and O–H groups in total. The van der Waals surface area contributed by atoms with Gasteiger partial charge in [0.2, 0.25) is 0 Å². The van der Waals surface area contributed by atoms with Gasteiger partial charge in [0.25, 0.3) is 0 Å². The number of fused-ring (bicyclic) bond motifs is 1. The topological polar surface area (TPSA) is 47.3 Å². The highest BCUT2D eigenvalue weighted by Crippen LogP contribution is 2.17. The molecule has 0 aliphatic rings. The van der Waals surface area contributed by atoms with Crippen LogP contribution in [0.25, 0.3) is 5.65 Å². The van der Waals surface area contributed by atoms with Crippen LogP contribution < -0.4 is 0 Å². The number of halogens is 1. The van der Waals surface area contributed by atoms with Crippen LogP contribution in [0.3, 0.4) is 0 Å². The summed E-state index contributed by atoms with van der Waals surface area (Å²) in [6.07, 6.45) is 1.88. The van der Waals surface area contributed by atoms with E-state index in [1.165, 1.54) is 11.4 Å². The van der Waals surface area contributed by atoms with E-state index in [-0.39, 0.29) is 12.2 Å². The summed E-state index contributed by atoms with van der Waals surface area (Å²) in [6, 6.07) is 3.57. The smallest absolute Gasteiger partial charge is 0.155 e. The summed E-state index contributed by atoms with van der Waals surface area (Å²) >= 11 is 5.99. The lowest BCUT2D eigenvalue weighted by Crippen LogP contribution is -1.97. The van der Waals surface area contributed by atoms with Crippen LogP contribution in [0.15, 0.2) is 18.3 Å². The van der Waals surface area contributed by atoms with Crippen LogP contribution in [0.5, 0.6) is 0 Å². The minimum Gasteiger partial charge on any atom is -0.300 e. The van der Waals surface area contributed by atoms with Gasteiger partial charge in [0.05, 0.1) is 12.1 Å². The molecule has 0 aliphatic carbocycles. The standard InChI is InChI=1S/C9H8ClN3O/c1-6(14)5-7-9(10)13-8(12-7)3-2-4-11-13/h2-4H,5H2,1H3. The average molecular weight is 210 g/mol. The molecule has 0 spiro atoms. The first-order chi connectivity index (χ1) is 6.68. The lowest BCUT2D eigenvalue weighted by atomic mass is 10.2. The molecule has 14 heavy (non-hydrogen) atoms. The van der Waals surface area contributed by atoms with Gasteiger partial charge in [0.1, 0.15) is 5.78 Å². The highest BCUT2D eigenvalue weighted by molar-refractivity contribution is 6.30. The van der Waals surface area contributed by atoms with Crippen molar-refractivity contribution < 1.29 is 4.79 Å². The third kappa shape index (κ3) is 1.48. The molecule has 0 aromatic carbocycles. The number of aromatic nitrogens is 3. The van der Waals surface area contributed by atoms with Gasteiger partial charge in [-0.1, -0.05) is 11.6 Å². The Labute approximate surface area is 85.5 Å². The quantitative estimate of drug-likeness (QED) is 0.754. The predicted octanol–water partition coefficient (Wildman–Crippen LogP) is 1.51. The second-order valence-electron chi connectivity index (χ2n) is 3.02. The van der Waals surface area contributed by atoms with Crippen LogP contribution in [0.4, 0.5) is 0 Å². The van der Waals surface area contributed by atoms with Crippen molar-refractivity contribution in [2.24, 2.45) is 0 Å². The third-order valence-electron chi connectivity index (χ3n) is 1.82. The van der Waals surface area contributed by atoms with Crippen molar-refractivity contribution in [1.29, 1.82) is 0 Å². The van der Waals surface area contributed by atoms with Gasteiger partial charge in [0.15, 0.2) is 10.8 Å². The Morgan fingerprint density at radius 3 is 3.07 bits per heavy atom. The van der Waals surface area contributed by atoms with E-state index in [1.54, 1.807) is 18.3 Å². The molecule has 0 radical (unpaired) electrons. The number of carbonyl (C=O) groups excluding carboxylic acids is 1. The molecular formula is C9H8ClN3O. The lowest BCUT2D eigenvalue weighted by Gasteiger charge is -1.91. The molecule has 2 rings (SSSR count). The molecule has 0 aliphatic heterocycles. The zero-order valence-corrected chi connectivity index (χ0v) is 8.32. The van der Waals surface area contributed by atoms with Gasteiger partial charge in [-0.2, -0.15) is 5.10 Å². The molecule has 4 nitrogen and oxygen atoms in total. The van der Waals surface area contributed by atoms with Crippen LogP contribution in [-0.2, 0) is 11.2 Å². The van der Waals surface area contributed by atoms with Gasteiger partial charge >= 0.3 is 0 Å². The molecule has 0 saturated carbocycles. The number of carbonyl (C=O) groups is 1. The van der Waals surface area contributed by atoms with Gasteiger partial charge in [-0.3, -0.25) is 4.79 Å². The summed E-state index contributed by atoms with van der Waals surface area (Å²) < 4.78 is 1.51. The highest BCUT2D eigenvalue weighted by atomic mass is 35.5. The molecule has 0 bridgehead atoms. The maximum Gasteiger partial charge on any atom is 0.155 e. The fourth-order valence-corrected chi connectivity index (χ4v) is 1.49. The van der Waals surface area contributed by atoms with E-state index in [4.69, 9.17) is 11.6 Å². The molecule has 0 atom stereocenters. The monoisotopic (exact) mass is 209 g/mol. The Hall–Kier alpha value is -1.42. The Balaban J connectivity index is 2.57. The minimum absolute atomic E-state index is 0.0373. The molecule has 0 fully saturated rings. The first kappa shape index (κ1) is 9.15. The number of nitrogens with zero attached hydrogens (tertiary/aromatic N) is 3. The van der Waals surface area contributed by atoms with Crippen molar-refractivity contribution in [2.45, 2.75) is 13.3 Å². The van der Waals surface area contributed by atoms with E-state index in [2.05, 4.69) is 10.1 Å². The zero-order chi connectivity index (χ0) is 10.1. The van der Waals surface area contributed by atoms with E-state index < -0.39 is 0 Å². The number of Topliss-reactive ketones (excluding diaryl/α,β-unsaturated/α-hetero) is 1. The summed E-state index contributed by atoms with van der Waals surface area (Å²) in [5, 5.41) is 4.43. The van der Waals surface area contributed by atoms with E-state index in [1.807, 2.05) is 0 Å². The molecule has 72 valence electrons. The summed E-state index contributed by atoms with van der Waals surface area (Å²) in [4.78, 5) is 15.1. The minimum atomic E-state index is 0.0373. The van der Waals surface area contributed by atoms with Crippen molar-refractivity contribution in [3.8, 4) is 0 Å². The molecule has 2 heterocycles. The number of hydrogen-bond donors (Lipinski definition) is 0. The van der Waals surface area contributed by atoms with Crippen LogP contribution in [0, 0.1) is 0 Å². The fraction of sp³-hybridized carbons (Fsp3) is 0.222. The van der Waals surface area contributed by atoms with Crippen LogP contribution in [-0.4, -0.2) is 20.4 Å². The molecule has 2 aromatic rings. The largest absolute Gasteiger partial charge is 0.300 e. The Morgan fingerprint density at radius 1 is 1.64 bits per heavy atom. The van der Waals surface area contributed by atoms with Gasteiger partial charge < -0.3 is 0 Å². The first-order valence-electron chi connectivity index (χ1n) is 4.16. The number of hydrogen-bond acceptors (Lipinski definition) is 3. The molecule has 0 saturated heterocycles. The SMILES string of the molecule is CC(=O)Cc1nc2cccnn2c1Cl. The molecule has 2 aromatic heterocycles. The van der Waals surface area contributed by atoms with E-state index in [9.17, 15) is 4.79 Å². The highest BCUT2D eigenvalue weighted by Gasteiger charge is 2.11. The number of imidazole rings is 1. The first-order valence-corrected chi connectivity index (χ1v) is 4.54. The maximum absolute atomic E-state index is 10.9. The maximum atomic E-state index is 10.9. The third-order valence-corrected chi connectivity index (χ3v) is 2.20. The van der Waals surface area contributed by atoms with Gasteiger partial charge in [-0.15, -0.1) is 0 Å². The molecular weight excluding hydrogens is 202 g/mol. The molecule has 0 amide bonds. The zero-order valence-electron chi connectivity index (χ0n) is 7.57. The normalized spacial score (nSPS) is 10.7. The van der Waals surface area contributed by atoms with E-state index in [0.29, 0.717) is 16.5 Å². The van der Waals surface area contributed by atoms with Gasteiger partial charge in [0, 0.05) is 6.20 Å². The van der Waals surface area contributed by atoms with Gasteiger partial charge in [-0.05, 0) is 19.1 Å². The number of ketones is 1. The van der Waals surface area contributed by atoms with Crippen LogP contribution in [0.2, 0.25) is 5.15 Å². The van der Waals surface area contributed by atoms with Crippen molar-refractivity contribution >= 4 is 23.0 Å². The summed E-state index contributed by atoms with van der Waals surface area (Å²) in [5.74, 6) is 0.0373. The fourth-order valence-electron chi connectivity index (χ4n) is 1.25. The summed E-state index contributed by atoms with van der Waals surface area (Å²) in [7, 11) is 0. The van der Waals surface area contributed by atoms with Crippen LogP contribution in [0.1, 0.15) is 12.6 Å². The Bertz CT molecular complexity index is 492. The van der Waals surface area contributed by atoms with E-state index in [0.717, 1.165) is 0 Å². The van der Waals surface area contributed by atoms with Crippen molar-refractivity contribution in [3.63, 3.8) is 0 Å². The summed E-state index contributed by atoms with van der Waals surface area (Å²) in [5.41, 5.74) is 1.24. The van der Waals surface area contributed by atoms with Crippen molar-refractivity contribution in [1.82, 2.24) is 14.6 Å². The van der Waals surface area contributed by atoms with E-state index >= 15 is 0 Å². The lowest BCUT2D eigenvalue weighted by molar-refractivity contribution is -0.116. The number of rotatable bonds is 2. The second-order valence-corrected chi connectivity index (χ2v) is 3.38.